The Kier molecular flexibility index (Phi) is 5.08. The van der Waals surface area contributed by atoms with Gasteiger partial charge < -0.3 is 14.8 Å². The Balaban J connectivity index is 2.04. The Labute approximate surface area is 127 Å². The predicted molar refractivity (Wildman–Crippen MR) is 81.4 cm³/mol. The second-order valence-corrected chi connectivity index (χ2v) is 4.30. The molecular weight excluding hydrogens is 287 g/mol. The maximum atomic E-state index is 12.7. The zero-order chi connectivity index (χ0) is 15.9. The molecule has 0 saturated carbocycles. The molecule has 1 N–H and O–H groups in total. The van der Waals surface area contributed by atoms with Crippen LogP contribution >= 0.6 is 0 Å². The maximum absolute atomic E-state index is 12.7. The number of rotatable bonds is 5. The Bertz CT molecular complexity index is 684. The van der Waals surface area contributed by atoms with Crippen molar-refractivity contribution in [2.24, 2.45) is 0 Å². The molecule has 0 aliphatic carbocycles. The molecule has 0 aliphatic rings. The summed E-state index contributed by atoms with van der Waals surface area (Å²) < 4.78 is 23.0. The number of ether oxygens (including phenoxy) is 2. The van der Waals surface area contributed by atoms with E-state index in [0.717, 1.165) is 11.8 Å². The Morgan fingerprint density at radius 3 is 2.59 bits per heavy atom. The summed E-state index contributed by atoms with van der Waals surface area (Å²) >= 11 is 0. The van der Waals surface area contributed by atoms with E-state index in [4.69, 9.17) is 9.47 Å². The fourth-order valence-electron chi connectivity index (χ4n) is 1.75. The van der Waals surface area contributed by atoms with Crippen LogP contribution in [0.25, 0.3) is 6.08 Å². The second kappa shape index (κ2) is 7.21. The van der Waals surface area contributed by atoms with Crippen molar-refractivity contribution in [1.82, 2.24) is 4.98 Å². The van der Waals surface area contributed by atoms with Crippen LogP contribution in [0.3, 0.4) is 0 Å². The second-order valence-electron chi connectivity index (χ2n) is 4.30. The first kappa shape index (κ1) is 15.5. The van der Waals surface area contributed by atoms with Gasteiger partial charge in [0.2, 0.25) is 5.91 Å². The zero-order valence-corrected chi connectivity index (χ0v) is 12.2. The van der Waals surface area contributed by atoms with E-state index in [9.17, 15) is 9.18 Å². The van der Waals surface area contributed by atoms with Gasteiger partial charge in [0.05, 0.1) is 20.4 Å². The lowest BCUT2D eigenvalue weighted by atomic mass is 10.2. The van der Waals surface area contributed by atoms with E-state index in [-0.39, 0.29) is 11.7 Å². The van der Waals surface area contributed by atoms with Crippen LogP contribution in [-0.4, -0.2) is 25.1 Å². The van der Waals surface area contributed by atoms with Crippen LogP contribution < -0.4 is 14.8 Å². The fraction of sp³-hybridized carbons (Fsp3) is 0.125. The van der Waals surface area contributed by atoms with Gasteiger partial charge in [0.25, 0.3) is 0 Å². The van der Waals surface area contributed by atoms with Crippen molar-refractivity contribution in [3.63, 3.8) is 0 Å². The maximum Gasteiger partial charge on any atom is 0.249 e. The quantitative estimate of drug-likeness (QED) is 0.863. The third kappa shape index (κ3) is 4.05. The predicted octanol–water partition coefficient (Wildman–Crippen LogP) is 2.89. The van der Waals surface area contributed by atoms with Crippen LogP contribution in [0.2, 0.25) is 0 Å². The molecule has 1 heterocycles. The molecule has 0 atom stereocenters. The molecule has 0 fully saturated rings. The van der Waals surface area contributed by atoms with Crippen LogP contribution in [0, 0.1) is 5.82 Å². The van der Waals surface area contributed by atoms with E-state index in [1.54, 1.807) is 31.4 Å². The summed E-state index contributed by atoms with van der Waals surface area (Å²) in [7, 11) is 3.09. The van der Waals surface area contributed by atoms with Crippen LogP contribution in [0.5, 0.6) is 11.5 Å². The molecule has 0 aliphatic heterocycles. The van der Waals surface area contributed by atoms with Gasteiger partial charge in [-0.05, 0) is 35.9 Å². The van der Waals surface area contributed by atoms with Crippen LogP contribution in [0.4, 0.5) is 10.2 Å². The first-order valence-corrected chi connectivity index (χ1v) is 6.45. The lowest BCUT2D eigenvalue weighted by Crippen LogP contribution is -2.09. The molecule has 1 aromatic carbocycles. The molecule has 1 amide bonds. The molecule has 22 heavy (non-hydrogen) atoms. The lowest BCUT2D eigenvalue weighted by Gasteiger charge is -2.07. The van der Waals surface area contributed by atoms with E-state index >= 15 is 0 Å². The van der Waals surface area contributed by atoms with E-state index in [1.165, 1.54) is 25.3 Å². The topological polar surface area (TPSA) is 60.5 Å². The Hall–Kier alpha value is -2.89. The van der Waals surface area contributed by atoms with Crippen molar-refractivity contribution in [3.8, 4) is 11.5 Å². The number of carbonyl (C=O) groups excluding carboxylic acids is 1. The summed E-state index contributed by atoms with van der Waals surface area (Å²) in [6, 6.07) is 7.90. The largest absolute Gasteiger partial charge is 0.493 e. The molecule has 5 nitrogen and oxygen atoms in total. The van der Waals surface area contributed by atoms with Crippen molar-refractivity contribution in [1.29, 1.82) is 0 Å². The highest BCUT2D eigenvalue weighted by molar-refractivity contribution is 6.01. The minimum Gasteiger partial charge on any atom is -0.493 e. The van der Waals surface area contributed by atoms with Gasteiger partial charge in [0.15, 0.2) is 11.5 Å². The number of hydrogen-bond donors (Lipinski definition) is 1. The van der Waals surface area contributed by atoms with E-state index in [2.05, 4.69) is 10.3 Å². The number of benzene rings is 1. The molecule has 1 aromatic heterocycles. The summed E-state index contributed by atoms with van der Waals surface area (Å²) in [6.07, 6.45) is 4.01. The number of hydrogen-bond acceptors (Lipinski definition) is 4. The number of nitrogens with one attached hydrogen (secondary N) is 1. The molecule has 6 heteroatoms. The SMILES string of the molecule is COc1ccc(/C=C/C(=O)Nc2ccc(F)cn2)cc1OC. The van der Waals surface area contributed by atoms with Crippen molar-refractivity contribution in [2.45, 2.75) is 0 Å². The van der Waals surface area contributed by atoms with E-state index < -0.39 is 5.82 Å². The first-order chi connectivity index (χ1) is 10.6. The summed E-state index contributed by atoms with van der Waals surface area (Å²) in [5.74, 6) is 0.640. The number of amides is 1. The molecule has 0 saturated heterocycles. The van der Waals surface area contributed by atoms with Gasteiger partial charge in [-0.25, -0.2) is 9.37 Å². The van der Waals surface area contributed by atoms with Gasteiger partial charge in [-0.2, -0.15) is 0 Å². The number of anilines is 1. The first-order valence-electron chi connectivity index (χ1n) is 6.45. The standard InChI is InChI=1S/C16H15FN2O3/c1-21-13-6-3-11(9-14(13)22-2)4-8-16(20)19-15-7-5-12(17)10-18-15/h3-10H,1-2H3,(H,18,19,20)/b8-4+. The molecule has 0 bridgehead atoms. The van der Waals surface area contributed by atoms with Crippen molar-refractivity contribution in [3.05, 3.63) is 54.0 Å². The smallest absolute Gasteiger partial charge is 0.249 e. The van der Waals surface area contributed by atoms with Gasteiger partial charge >= 0.3 is 0 Å². The number of pyridine rings is 1. The van der Waals surface area contributed by atoms with Crippen molar-refractivity contribution >= 4 is 17.8 Å². The number of halogens is 1. The van der Waals surface area contributed by atoms with Gasteiger partial charge in [-0.1, -0.05) is 6.07 Å². The number of aromatic nitrogens is 1. The van der Waals surface area contributed by atoms with Gasteiger partial charge in [-0.15, -0.1) is 0 Å². The molecule has 0 unspecified atom stereocenters. The monoisotopic (exact) mass is 302 g/mol. The highest BCUT2D eigenvalue weighted by Gasteiger charge is 2.03. The zero-order valence-electron chi connectivity index (χ0n) is 12.2. The molecule has 2 aromatic rings. The van der Waals surface area contributed by atoms with E-state index in [1.807, 2.05) is 0 Å². The highest BCUT2D eigenvalue weighted by atomic mass is 19.1. The minimum atomic E-state index is -0.459. The summed E-state index contributed by atoms with van der Waals surface area (Å²) in [6.45, 7) is 0. The summed E-state index contributed by atoms with van der Waals surface area (Å²) in [5.41, 5.74) is 0.778. The van der Waals surface area contributed by atoms with Crippen LogP contribution in [0.15, 0.2) is 42.6 Å². The lowest BCUT2D eigenvalue weighted by molar-refractivity contribution is -0.111. The van der Waals surface area contributed by atoms with Gasteiger partial charge in [0, 0.05) is 6.08 Å². The summed E-state index contributed by atoms with van der Waals surface area (Å²) in [5, 5.41) is 2.53. The number of methoxy groups -OCH3 is 2. The Morgan fingerprint density at radius 1 is 1.18 bits per heavy atom. The molecule has 2 rings (SSSR count). The van der Waals surface area contributed by atoms with E-state index in [0.29, 0.717) is 11.5 Å². The van der Waals surface area contributed by atoms with Crippen LogP contribution in [0.1, 0.15) is 5.56 Å². The highest BCUT2D eigenvalue weighted by Crippen LogP contribution is 2.27. The average Bonchev–Trinajstić information content (AvgIpc) is 2.54. The van der Waals surface area contributed by atoms with Gasteiger partial charge in [-0.3, -0.25) is 4.79 Å². The average molecular weight is 302 g/mol. The minimum absolute atomic E-state index is 0.281. The third-order valence-electron chi connectivity index (χ3n) is 2.81. The summed E-state index contributed by atoms with van der Waals surface area (Å²) in [4.78, 5) is 15.5. The fourth-order valence-corrected chi connectivity index (χ4v) is 1.75. The number of carbonyl (C=O) groups is 1. The normalized spacial score (nSPS) is 10.5. The van der Waals surface area contributed by atoms with Crippen molar-refractivity contribution < 1.29 is 18.7 Å². The molecular formula is C16H15FN2O3. The Morgan fingerprint density at radius 2 is 1.95 bits per heavy atom. The molecule has 0 radical (unpaired) electrons. The molecule has 114 valence electrons. The third-order valence-corrected chi connectivity index (χ3v) is 2.81. The number of nitrogens with zero attached hydrogens (tertiary/aromatic N) is 1. The van der Waals surface area contributed by atoms with Crippen molar-refractivity contribution in [2.75, 3.05) is 19.5 Å². The van der Waals surface area contributed by atoms with Crippen LogP contribution in [-0.2, 0) is 4.79 Å². The molecule has 0 spiro atoms. The van der Waals surface area contributed by atoms with Gasteiger partial charge in [0.1, 0.15) is 11.6 Å².